The number of ether oxygens (including phenoxy) is 1. The number of rotatable bonds is 2. The van der Waals surface area contributed by atoms with Crippen LogP contribution in [0, 0.1) is 0 Å². The van der Waals surface area contributed by atoms with E-state index in [1.165, 1.54) is 32.2 Å². The third-order valence-corrected chi connectivity index (χ3v) is 5.61. The van der Waals surface area contributed by atoms with Gasteiger partial charge < -0.3 is 14.9 Å². The van der Waals surface area contributed by atoms with Crippen molar-refractivity contribution in [1.29, 1.82) is 0 Å². The molecule has 2 aliphatic rings. The minimum atomic E-state index is -1.52. The standard InChI is InChI=1S/C21H18O6/c1-10(22)21(26)6-5-13-11(9-21)7-16-17(19(13)24)20(25)14-4-3-12(27-2)8-15(14)18(16)23/h3-4,7-8,24,26H,5-6,9H2,1-2H3. The Kier molecular flexibility index (Phi) is 3.71. The highest BCUT2D eigenvalue weighted by Gasteiger charge is 2.41. The first-order valence-corrected chi connectivity index (χ1v) is 8.65. The van der Waals surface area contributed by atoms with E-state index in [2.05, 4.69) is 0 Å². The van der Waals surface area contributed by atoms with Gasteiger partial charge in [-0.1, -0.05) is 0 Å². The number of hydrogen-bond acceptors (Lipinski definition) is 6. The van der Waals surface area contributed by atoms with Crippen molar-refractivity contribution in [2.45, 2.75) is 31.8 Å². The zero-order valence-electron chi connectivity index (χ0n) is 15.0. The van der Waals surface area contributed by atoms with Gasteiger partial charge in [-0.2, -0.15) is 0 Å². The summed E-state index contributed by atoms with van der Waals surface area (Å²) < 4.78 is 5.14. The number of hydrogen-bond donors (Lipinski definition) is 2. The van der Waals surface area contributed by atoms with Gasteiger partial charge >= 0.3 is 0 Å². The van der Waals surface area contributed by atoms with Gasteiger partial charge in [0.1, 0.15) is 17.1 Å². The maximum absolute atomic E-state index is 13.0. The fourth-order valence-corrected chi connectivity index (χ4v) is 3.96. The SMILES string of the molecule is COc1ccc2c(c1)C(=O)c1cc3c(c(O)c1C2=O)CCC(O)(C(C)=O)C3. The van der Waals surface area contributed by atoms with Crippen LogP contribution in [0.3, 0.4) is 0 Å². The Morgan fingerprint density at radius 1 is 1.11 bits per heavy atom. The molecule has 2 aromatic rings. The fraction of sp³-hybridized carbons (Fsp3) is 0.286. The molecule has 0 aromatic heterocycles. The third-order valence-electron chi connectivity index (χ3n) is 5.61. The summed E-state index contributed by atoms with van der Waals surface area (Å²) in [6.45, 7) is 1.32. The largest absolute Gasteiger partial charge is 0.507 e. The number of carbonyl (C=O) groups is 3. The molecule has 0 saturated carbocycles. The van der Waals surface area contributed by atoms with Gasteiger partial charge in [-0.3, -0.25) is 14.4 Å². The minimum Gasteiger partial charge on any atom is -0.507 e. The van der Waals surface area contributed by atoms with Crippen LogP contribution < -0.4 is 4.74 Å². The van der Waals surface area contributed by atoms with E-state index in [9.17, 15) is 24.6 Å². The lowest BCUT2D eigenvalue weighted by Gasteiger charge is -2.33. The number of fused-ring (bicyclic) bond motifs is 3. The number of phenolic OH excluding ortho intramolecular Hbond substituents is 1. The Morgan fingerprint density at radius 2 is 1.85 bits per heavy atom. The average molecular weight is 366 g/mol. The van der Waals surface area contributed by atoms with Crippen molar-refractivity contribution in [2.75, 3.05) is 7.11 Å². The molecule has 4 rings (SSSR count). The van der Waals surface area contributed by atoms with Crippen LogP contribution in [0.5, 0.6) is 11.5 Å². The molecule has 2 aliphatic carbocycles. The van der Waals surface area contributed by atoms with E-state index in [0.717, 1.165) is 0 Å². The van der Waals surface area contributed by atoms with Crippen LogP contribution in [0.25, 0.3) is 0 Å². The molecule has 0 radical (unpaired) electrons. The van der Waals surface area contributed by atoms with E-state index < -0.39 is 17.2 Å². The Bertz CT molecular complexity index is 1040. The van der Waals surface area contributed by atoms with Crippen molar-refractivity contribution in [3.63, 3.8) is 0 Å². The van der Waals surface area contributed by atoms with Gasteiger partial charge in [0.2, 0.25) is 0 Å². The number of ketones is 3. The summed E-state index contributed by atoms with van der Waals surface area (Å²) in [5, 5.41) is 21.3. The normalized spacial score (nSPS) is 20.6. The van der Waals surface area contributed by atoms with E-state index in [4.69, 9.17) is 4.74 Å². The van der Waals surface area contributed by atoms with Crippen LogP contribution in [0.2, 0.25) is 0 Å². The second-order valence-electron chi connectivity index (χ2n) is 7.12. The van der Waals surface area contributed by atoms with Gasteiger partial charge in [0.05, 0.1) is 12.7 Å². The lowest BCUT2D eigenvalue weighted by molar-refractivity contribution is -0.136. The van der Waals surface area contributed by atoms with Crippen molar-refractivity contribution in [1.82, 2.24) is 0 Å². The molecule has 2 aromatic carbocycles. The number of carbonyl (C=O) groups excluding carboxylic acids is 3. The van der Waals surface area contributed by atoms with Crippen molar-refractivity contribution < 1.29 is 29.3 Å². The molecule has 0 heterocycles. The molecule has 0 amide bonds. The molecule has 1 unspecified atom stereocenters. The van der Waals surface area contributed by atoms with Gasteiger partial charge in [0.25, 0.3) is 0 Å². The van der Waals surface area contributed by atoms with Crippen LogP contribution in [-0.4, -0.2) is 40.3 Å². The summed E-state index contributed by atoms with van der Waals surface area (Å²) in [6.07, 6.45) is 0.421. The maximum Gasteiger partial charge on any atom is 0.198 e. The number of aliphatic hydroxyl groups is 1. The molecule has 1 atom stereocenters. The van der Waals surface area contributed by atoms with E-state index in [1.54, 1.807) is 6.07 Å². The first-order valence-electron chi connectivity index (χ1n) is 8.65. The van der Waals surface area contributed by atoms with Crippen LogP contribution >= 0.6 is 0 Å². The molecule has 6 nitrogen and oxygen atoms in total. The van der Waals surface area contributed by atoms with E-state index in [-0.39, 0.29) is 53.0 Å². The molecule has 27 heavy (non-hydrogen) atoms. The number of Topliss-reactive ketones (excluding diaryl/α,β-unsaturated/α-hetero) is 1. The number of methoxy groups -OCH3 is 1. The van der Waals surface area contributed by atoms with Crippen LogP contribution in [0.4, 0.5) is 0 Å². The van der Waals surface area contributed by atoms with Gasteiger partial charge in [0.15, 0.2) is 17.3 Å². The van der Waals surface area contributed by atoms with Gasteiger partial charge in [0, 0.05) is 23.1 Å². The van der Waals surface area contributed by atoms with E-state index in [1.807, 2.05) is 0 Å². The third kappa shape index (κ3) is 2.40. The highest BCUT2D eigenvalue weighted by molar-refractivity contribution is 6.29. The van der Waals surface area contributed by atoms with E-state index in [0.29, 0.717) is 16.9 Å². The highest BCUT2D eigenvalue weighted by atomic mass is 16.5. The van der Waals surface area contributed by atoms with Crippen molar-refractivity contribution in [3.05, 3.63) is 57.6 Å². The first kappa shape index (κ1) is 17.4. The number of benzene rings is 2. The molecular formula is C21H18O6. The number of phenols is 1. The zero-order valence-corrected chi connectivity index (χ0v) is 15.0. The molecule has 138 valence electrons. The van der Waals surface area contributed by atoms with Crippen molar-refractivity contribution >= 4 is 17.3 Å². The average Bonchev–Trinajstić information content (AvgIpc) is 2.65. The fourth-order valence-electron chi connectivity index (χ4n) is 3.96. The van der Waals surface area contributed by atoms with Gasteiger partial charge in [-0.15, -0.1) is 0 Å². The minimum absolute atomic E-state index is 0.00491. The summed E-state index contributed by atoms with van der Waals surface area (Å²) in [5.41, 5.74) is 0.0229. The summed E-state index contributed by atoms with van der Waals surface area (Å²) >= 11 is 0. The summed E-state index contributed by atoms with van der Waals surface area (Å²) in [5.74, 6) is -0.953. The highest BCUT2D eigenvalue weighted by Crippen LogP contribution is 2.42. The Hall–Kier alpha value is -2.99. The topological polar surface area (TPSA) is 101 Å². The molecule has 0 bridgehead atoms. The summed E-state index contributed by atoms with van der Waals surface area (Å²) in [7, 11) is 1.47. The first-order chi connectivity index (χ1) is 12.8. The predicted octanol–water partition coefficient (Wildman–Crippen LogP) is 1.98. The molecular weight excluding hydrogens is 348 g/mol. The molecule has 0 fully saturated rings. The lowest BCUT2D eigenvalue weighted by Crippen LogP contribution is -2.42. The Morgan fingerprint density at radius 3 is 2.52 bits per heavy atom. The van der Waals surface area contributed by atoms with E-state index >= 15 is 0 Å². The quantitative estimate of drug-likeness (QED) is 0.719. The zero-order chi connectivity index (χ0) is 19.5. The van der Waals surface area contributed by atoms with Crippen molar-refractivity contribution in [2.24, 2.45) is 0 Å². The Labute approximate surface area is 155 Å². The predicted molar refractivity (Wildman–Crippen MR) is 95.6 cm³/mol. The van der Waals surface area contributed by atoms with Gasteiger partial charge in [-0.25, -0.2) is 0 Å². The van der Waals surface area contributed by atoms with Crippen LogP contribution in [-0.2, 0) is 17.6 Å². The molecule has 0 aliphatic heterocycles. The molecule has 0 saturated heterocycles. The van der Waals surface area contributed by atoms with Crippen molar-refractivity contribution in [3.8, 4) is 11.5 Å². The van der Waals surface area contributed by atoms with Gasteiger partial charge in [-0.05, 0) is 55.2 Å². The number of aromatic hydroxyl groups is 1. The monoisotopic (exact) mass is 366 g/mol. The summed E-state index contributed by atoms with van der Waals surface area (Å²) in [4.78, 5) is 37.8. The second kappa shape index (κ2) is 5.76. The summed E-state index contributed by atoms with van der Waals surface area (Å²) in [6, 6.07) is 6.14. The lowest BCUT2D eigenvalue weighted by atomic mass is 9.74. The molecule has 2 N–H and O–H groups in total. The second-order valence-corrected chi connectivity index (χ2v) is 7.12. The maximum atomic E-state index is 13.0. The smallest absolute Gasteiger partial charge is 0.198 e. The van der Waals surface area contributed by atoms with Crippen LogP contribution in [0.15, 0.2) is 24.3 Å². The molecule has 0 spiro atoms. The Balaban J connectivity index is 1.91. The van der Waals surface area contributed by atoms with Crippen LogP contribution in [0.1, 0.15) is 56.3 Å². The molecule has 6 heteroatoms.